The Kier molecular flexibility index (Phi) is 4.55. The van der Waals surface area contributed by atoms with E-state index in [2.05, 4.69) is 10.9 Å². The number of carbonyl (C=O) groups excluding carboxylic acids is 3. The summed E-state index contributed by atoms with van der Waals surface area (Å²) in [4.78, 5) is 35.8. The SMILES string of the molecule is CC1(C)[C@@H](C(=O)NNC(=O)c2cccc(O)c2)CC[C@]1(C)C(=O)[O-]. The molecule has 0 bridgehead atoms. The maximum atomic E-state index is 12.4. The second-order valence-corrected chi connectivity index (χ2v) is 6.93. The number of hydrogen-bond acceptors (Lipinski definition) is 5. The van der Waals surface area contributed by atoms with Crippen LogP contribution in [0.5, 0.6) is 5.75 Å². The van der Waals surface area contributed by atoms with Gasteiger partial charge in [0, 0.05) is 22.9 Å². The molecule has 0 radical (unpaired) electrons. The first-order chi connectivity index (χ1) is 11.1. The molecular formula is C17H21N2O5-. The van der Waals surface area contributed by atoms with Gasteiger partial charge in [0.1, 0.15) is 5.75 Å². The lowest BCUT2D eigenvalue weighted by atomic mass is 9.65. The quantitative estimate of drug-likeness (QED) is 0.690. The predicted molar refractivity (Wildman–Crippen MR) is 83.3 cm³/mol. The molecule has 24 heavy (non-hydrogen) atoms. The molecule has 1 fully saturated rings. The molecule has 1 aliphatic carbocycles. The standard InChI is InChI=1S/C17H22N2O5/c1-16(2)12(7-8-17(16,3)15(23)24)14(22)19-18-13(21)10-5-4-6-11(20)9-10/h4-6,9,12,20H,7-8H2,1-3H3,(H,18,21)(H,19,22)(H,23,24)/p-1/t12-,17-/m1/s1. The molecule has 2 atom stereocenters. The van der Waals surface area contributed by atoms with Crippen molar-refractivity contribution in [2.75, 3.05) is 0 Å². The molecule has 3 N–H and O–H groups in total. The van der Waals surface area contributed by atoms with Crippen molar-refractivity contribution in [3.63, 3.8) is 0 Å². The van der Waals surface area contributed by atoms with Crippen molar-refractivity contribution >= 4 is 17.8 Å². The van der Waals surface area contributed by atoms with E-state index in [-0.39, 0.29) is 11.3 Å². The zero-order valence-electron chi connectivity index (χ0n) is 13.9. The van der Waals surface area contributed by atoms with E-state index in [1.807, 2.05) is 0 Å². The Bertz CT molecular complexity index is 685. The minimum absolute atomic E-state index is 0.0596. The van der Waals surface area contributed by atoms with Gasteiger partial charge in [-0.25, -0.2) is 0 Å². The number of aromatic hydroxyl groups is 1. The highest BCUT2D eigenvalue weighted by Gasteiger charge is 2.54. The maximum absolute atomic E-state index is 12.4. The van der Waals surface area contributed by atoms with Crippen molar-refractivity contribution in [1.82, 2.24) is 10.9 Å². The van der Waals surface area contributed by atoms with E-state index in [0.29, 0.717) is 12.8 Å². The number of phenolic OH excluding ortho intramolecular Hbond substituents is 1. The van der Waals surface area contributed by atoms with Crippen LogP contribution in [0.2, 0.25) is 0 Å². The number of amides is 2. The van der Waals surface area contributed by atoms with Gasteiger partial charge in [0.25, 0.3) is 5.91 Å². The van der Waals surface area contributed by atoms with Crippen LogP contribution in [0.4, 0.5) is 0 Å². The highest BCUT2D eigenvalue weighted by atomic mass is 16.4. The number of nitrogens with one attached hydrogen (secondary N) is 2. The summed E-state index contributed by atoms with van der Waals surface area (Å²) in [6.45, 7) is 5.02. The Hall–Kier alpha value is -2.57. The fourth-order valence-corrected chi connectivity index (χ4v) is 3.25. The number of aliphatic carboxylic acids is 1. The van der Waals surface area contributed by atoms with Gasteiger partial charge in [0.15, 0.2) is 0 Å². The van der Waals surface area contributed by atoms with Gasteiger partial charge >= 0.3 is 0 Å². The average molecular weight is 333 g/mol. The number of phenols is 1. The first-order valence-corrected chi connectivity index (χ1v) is 7.70. The number of hydrazine groups is 1. The fourth-order valence-electron chi connectivity index (χ4n) is 3.25. The number of carboxylic acids is 1. The third kappa shape index (κ3) is 2.93. The maximum Gasteiger partial charge on any atom is 0.269 e. The Morgan fingerprint density at radius 1 is 1.21 bits per heavy atom. The van der Waals surface area contributed by atoms with Gasteiger partial charge in [-0.1, -0.05) is 26.8 Å². The summed E-state index contributed by atoms with van der Waals surface area (Å²) in [6, 6.07) is 5.71. The molecule has 1 aromatic carbocycles. The zero-order chi connectivity index (χ0) is 18.1. The molecule has 0 spiro atoms. The van der Waals surface area contributed by atoms with Gasteiger partial charge in [-0.05, 0) is 36.5 Å². The van der Waals surface area contributed by atoms with Crippen LogP contribution in [-0.2, 0) is 9.59 Å². The minimum Gasteiger partial charge on any atom is -0.550 e. The van der Waals surface area contributed by atoms with E-state index in [4.69, 9.17) is 0 Å². The highest BCUT2D eigenvalue weighted by molar-refractivity contribution is 5.96. The van der Waals surface area contributed by atoms with E-state index in [9.17, 15) is 24.6 Å². The molecule has 1 aliphatic rings. The third-order valence-electron chi connectivity index (χ3n) is 5.40. The zero-order valence-corrected chi connectivity index (χ0v) is 13.9. The third-order valence-corrected chi connectivity index (χ3v) is 5.40. The summed E-state index contributed by atoms with van der Waals surface area (Å²) in [6.07, 6.45) is 0.728. The molecule has 0 saturated heterocycles. The summed E-state index contributed by atoms with van der Waals surface area (Å²) >= 11 is 0. The van der Waals surface area contributed by atoms with Crippen LogP contribution in [0, 0.1) is 16.7 Å². The van der Waals surface area contributed by atoms with Gasteiger partial charge in [-0.2, -0.15) is 0 Å². The van der Waals surface area contributed by atoms with Crippen LogP contribution in [0.15, 0.2) is 24.3 Å². The second kappa shape index (κ2) is 6.14. The molecule has 0 aromatic heterocycles. The van der Waals surface area contributed by atoms with Crippen molar-refractivity contribution in [2.45, 2.75) is 33.6 Å². The normalized spacial score (nSPS) is 25.0. The Morgan fingerprint density at radius 3 is 2.42 bits per heavy atom. The van der Waals surface area contributed by atoms with E-state index < -0.39 is 34.5 Å². The molecule has 2 amide bonds. The predicted octanol–water partition coefficient (Wildman–Crippen LogP) is 0.346. The lowest BCUT2D eigenvalue weighted by Crippen LogP contribution is -2.52. The van der Waals surface area contributed by atoms with Gasteiger partial charge < -0.3 is 15.0 Å². The van der Waals surface area contributed by atoms with Gasteiger partial charge in [-0.15, -0.1) is 0 Å². The van der Waals surface area contributed by atoms with Gasteiger partial charge in [0.05, 0.1) is 0 Å². The van der Waals surface area contributed by atoms with Crippen molar-refractivity contribution < 1.29 is 24.6 Å². The molecule has 0 heterocycles. The highest BCUT2D eigenvalue weighted by Crippen LogP contribution is 2.55. The molecule has 1 aromatic rings. The van der Waals surface area contributed by atoms with Crippen molar-refractivity contribution in [3.8, 4) is 5.75 Å². The summed E-state index contributed by atoms with van der Waals surface area (Å²) in [5, 5.41) is 20.8. The summed E-state index contributed by atoms with van der Waals surface area (Å²) in [5.74, 6) is -2.82. The smallest absolute Gasteiger partial charge is 0.269 e. The number of carbonyl (C=O) groups is 3. The Labute approximate surface area is 140 Å². The van der Waals surface area contributed by atoms with E-state index >= 15 is 0 Å². The number of rotatable bonds is 3. The van der Waals surface area contributed by atoms with Gasteiger partial charge in [-0.3, -0.25) is 20.4 Å². The van der Waals surface area contributed by atoms with Crippen LogP contribution < -0.4 is 16.0 Å². The van der Waals surface area contributed by atoms with E-state index in [1.165, 1.54) is 24.3 Å². The topological polar surface area (TPSA) is 119 Å². The first kappa shape index (κ1) is 17.8. The Morgan fingerprint density at radius 2 is 1.88 bits per heavy atom. The number of benzene rings is 1. The van der Waals surface area contributed by atoms with E-state index in [1.54, 1.807) is 20.8 Å². The molecule has 1 saturated carbocycles. The summed E-state index contributed by atoms with van der Waals surface area (Å²) in [7, 11) is 0. The van der Waals surface area contributed by atoms with Crippen LogP contribution >= 0.6 is 0 Å². The van der Waals surface area contributed by atoms with Gasteiger partial charge in [0.2, 0.25) is 5.91 Å². The first-order valence-electron chi connectivity index (χ1n) is 7.70. The summed E-state index contributed by atoms with van der Waals surface area (Å²) < 4.78 is 0. The molecule has 7 heteroatoms. The number of hydrogen-bond donors (Lipinski definition) is 3. The monoisotopic (exact) mass is 333 g/mol. The van der Waals surface area contributed by atoms with Crippen molar-refractivity contribution in [1.29, 1.82) is 0 Å². The Balaban J connectivity index is 2.03. The molecule has 2 rings (SSSR count). The van der Waals surface area contributed by atoms with Crippen molar-refractivity contribution in [3.05, 3.63) is 29.8 Å². The molecule has 7 nitrogen and oxygen atoms in total. The lowest BCUT2D eigenvalue weighted by Gasteiger charge is -2.41. The van der Waals surface area contributed by atoms with Crippen LogP contribution in [-0.4, -0.2) is 22.9 Å². The molecular weight excluding hydrogens is 312 g/mol. The molecule has 0 aliphatic heterocycles. The number of carboxylic acid groups (broad SMARTS) is 1. The van der Waals surface area contributed by atoms with Crippen LogP contribution in [0.25, 0.3) is 0 Å². The minimum atomic E-state index is -1.17. The largest absolute Gasteiger partial charge is 0.550 e. The average Bonchev–Trinajstić information content (AvgIpc) is 2.76. The van der Waals surface area contributed by atoms with Crippen LogP contribution in [0.3, 0.4) is 0 Å². The second-order valence-electron chi connectivity index (χ2n) is 6.93. The molecule has 0 unspecified atom stereocenters. The fraction of sp³-hybridized carbons (Fsp3) is 0.471. The lowest BCUT2D eigenvalue weighted by molar-refractivity contribution is -0.323. The summed E-state index contributed by atoms with van der Waals surface area (Å²) in [5.41, 5.74) is 2.90. The van der Waals surface area contributed by atoms with Crippen LogP contribution in [0.1, 0.15) is 44.0 Å². The van der Waals surface area contributed by atoms with Crippen molar-refractivity contribution in [2.24, 2.45) is 16.7 Å². The molecule has 130 valence electrons. The van der Waals surface area contributed by atoms with E-state index in [0.717, 1.165) is 0 Å².